The van der Waals surface area contributed by atoms with Crippen LogP contribution in [0.4, 0.5) is 18.9 Å². The third-order valence-corrected chi connectivity index (χ3v) is 7.61. The molecule has 3 aromatic rings. The molecule has 5 heterocycles. The van der Waals surface area contributed by atoms with Crippen LogP contribution < -0.4 is 4.90 Å². The Kier molecular flexibility index (Phi) is 5.30. The molecule has 0 saturated carbocycles. The first-order valence-electron chi connectivity index (χ1n) is 12.2. The van der Waals surface area contributed by atoms with Gasteiger partial charge in [0.2, 0.25) is 0 Å². The van der Waals surface area contributed by atoms with Crippen LogP contribution in [0.3, 0.4) is 0 Å². The smallest absolute Gasteiger partial charge is 0.256 e. The van der Waals surface area contributed by atoms with Crippen molar-refractivity contribution in [2.75, 3.05) is 18.0 Å². The van der Waals surface area contributed by atoms with Gasteiger partial charge in [0.15, 0.2) is 17.5 Å². The van der Waals surface area contributed by atoms with Crippen LogP contribution in [0.25, 0.3) is 11.3 Å². The van der Waals surface area contributed by atoms with Crippen molar-refractivity contribution in [2.24, 2.45) is 7.05 Å². The zero-order valence-electron chi connectivity index (χ0n) is 19.5. The Bertz CT molecular complexity index is 1290. The molecule has 2 fully saturated rings. The number of benzene rings is 1. The first-order chi connectivity index (χ1) is 16.9. The highest BCUT2D eigenvalue weighted by molar-refractivity contribution is 5.95. The lowest BCUT2D eigenvalue weighted by Gasteiger charge is -2.45. The molecular weight excluding hydrogens is 455 g/mol. The number of anilines is 1. The number of pyridine rings is 1. The van der Waals surface area contributed by atoms with E-state index >= 15 is 0 Å². The number of hydrogen-bond acceptors (Lipinski definition) is 4. The van der Waals surface area contributed by atoms with Crippen molar-refractivity contribution in [3.8, 4) is 11.3 Å². The van der Waals surface area contributed by atoms with E-state index in [1.165, 1.54) is 0 Å². The average molecular weight is 482 g/mol. The highest BCUT2D eigenvalue weighted by atomic mass is 19.2. The Balaban J connectivity index is 1.38. The summed E-state index contributed by atoms with van der Waals surface area (Å²) in [6, 6.07) is 3.68. The lowest BCUT2D eigenvalue weighted by atomic mass is 9.81. The summed E-state index contributed by atoms with van der Waals surface area (Å²) in [5.74, 6) is -4.01. The zero-order valence-corrected chi connectivity index (χ0v) is 19.5. The highest BCUT2D eigenvalue weighted by Crippen LogP contribution is 2.45. The second-order valence-corrected chi connectivity index (χ2v) is 9.73. The number of piperidine rings is 1. The van der Waals surface area contributed by atoms with Crippen molar-refractivity contribution in [1.29, 1.82) is 0 Å². The van der Waals surface area contributed by atoms with Crippen LogP contribution in [0.1, 0.15) is 59.8 Å². The molecule has 2 atom stereocenters. The van der Waals surface area contributed by atoms with E-state index in [2.05, 4.69) is 9.88 Å². The first-order valence-corrected chi connectivity index (χ1v) is 12.2. The molecular formula is C26H26F3N5O. The fraction of sp³-hybridized carbons (Fsp3) is 0.423. The van der Waals surface area contributed by atoms with Gasteiger partial charge in [-0.1, -0.05) is 0 Å². The molecule has 3 aliphatic heterocycles. The van der Waals surface area contributed by atoms with E-state index < -0.39 is 17.5 Å². The number of fused-ring (bicyclic) bond motifs is 4. The molecule has 0 aliphatic carbocycles. The number of aryl methyl sites for hydroxylation is 1. The summed E-state index contributed by atoms with van der Waals surface area (Å²) in [4.78, 5) is 22.3. The van der Waals surface area contributed by atoms with E-state index in [9.17, 15) is 18.0 Å². The van der Waals surface area contributed by atoms with Crippen molar-refractivity contribution in [3.05, 3.63) is 64.9 Å². The molecule has 35 heavy (non-hydrogen) atoms. The maximum absolute atomic E-state index is 14.0. The molecule has 0 radical (unpaired) electrons. The second-order valence-electron chi connectivity index (χ2n) is 9.73. The van der Waals surface area contributed by atoms with Crippen LogP contribution in [0.5, 0.6) is 0 Å². The van der Waals surface area contributed by atoms with Gasteiger partial charge in [-0.25, -0.2) is 13.2 Å². The third-order valence-electron chi connectivity index (χ3n) is 7.61. The van der Waals surface area contributed by atoms with Crippen LogP contribution in [0, 0.1) is 17.5 Å². The fourth-order valence-corrected chi connectivity index (χ4v) is 6.04. The Morgan fingerprint density at radius 2 is 1.74 bits per heavy atom. The minimum absolute atomic E-state index is 0.0534. The Morgan fingerprint density at radius 1 is 1.00 bits per heavy atom. The number of carbonyl (C=O) groups excluding carboxylic acids is 1. The summed E-state index contributed by atoms with van der Waals surface area (Å²) in [6.07, 6.45) is 8.81. The summed E-state index contributed by atoms with van der Waals surface area (Å²) in [5.41, 5.74) is 3.98. The molecule has 3 aliphatic rings. The van der Waals surface area contributed by atoms with Crippen LogP contribution in [0.2, 0.25) is 0 Å². The van der Waals surface area contributed by atoms with Crippen molar-refractivity contribution < 1.29 is 18.0 Å². The molecule has 6 rings (SSSR count). The van der Waals surface area contributed by atoms with Crippen LogP contribution in [0.15, 0.2) is 30.6 Å². The predicted octanol–water partition coefficient (Wildman–Crippen LogP) is 4.79. The third kappa shape index (κ3) is 3.59. The number of nitrogens with zero attached hydrogens (tertiary/aromatic N) is 5. The van der Waals surface area contributed by atoms with Crippen molar-refractivity contribution >= 4 is 11.6 Å². The topological polar surface area (TPSA) is 54.3 Å². The number of hydrogen-bond donors (Lipinski definition) is 0. The van der Waals surface area contributed by atoms with Gasteiger partial charge in [0.1, 0.15) is 0 Å². The van der Waals surface area contributed by atoms with Gasteiger partial charge in [-0.2, -0.15) is 5.10 Å². The molecule has 9 heteroatoms. The standard InChI is InChI=1S/C26H26F3N5O/c1-32-25(15-10-20(27)23(29)21(28)11-15)19-12-17-5-4-6-22(24(19)31-32)34(17)26(35)16-9-18(14-30-13-16)33-7-2-3-8-33/h9-11,13-14,17,22H,2-8,12H2,1H3/t17-,22+/m1/s1. The fourth-order valence-electron chi connectivity index (χ4n) is 6.04. The van der Waals surface area contributed by atoms with E-state index in [0.717, 1.165) is 74.3 Å². The minimum atomic E-state index is -1.48. The lowest BCUT2D eigenvalue weighted by Crippen LogP contribution is -2.49. The minimum Gasteiger partial charge on any atom is -0.370 e. The Labute approximate surface area is 201 Å². The molecule has 2 saturated heterocycles. The van der Waals surface area contributed by atoms with Gasteiger partial charge in [-0.05, 0) is 56.7 Å². The summed E-state index contributed by atoms with van der Waals surface area (Å²) in [6.45, 7) is 1.94. The van der Waals surface area contributed by atoms with Crippen molar-refractivity contribution in [1.82, 2.24) is 19.7 Å². The van der Waals surface area contributed by atoms with Gasteiger partial charge in [-0.3, -0.25) is 14.5 Å². The molecule has 1 amide bonds. The first kappa shape index (κ1) is 22.1. The molecule has 182 valence electrons. The molecule has 0 N–H and O–H groups in total. The maximum Gasteiger partial charge on any atom is 0.256 e. The SMILES string of the molecule is Cn1nc2c(c1-c1cc(F)c(F)c(F)c1)C[C@H]1CCC[C@@H]2N1C(=O)c1cncc(N2CCCC2)c1. The summed E-state index contributed by atoms with van der Waals surface area (Å²) in [7, 11) is 1.71. The van der Waals surface area contributed by atoms with Crippen molar-refractivity contribution in [2.45, 2.75) is 50.6 Å². The quantitative estimate of drug-likeness (QED) is 0.505. The van der Waals surface area contributed by atoms with Gasteiger partial charge >= 0.3 is 0 Å². The number of carbonyl (C=O) groups is 1. The number of aromatic nitrogens is 3. The molecule has 0 unspecified atom stereocenters. The largest absolute Gasteiger partial charge is 0.370 e. The van der Waals surface area contributed by atoms with Gasteiger partial charge in [-0.15, -0.1) is 0 Å². The average Bonchev–Trinajstić information content (AvgIpc) is 3.50. The van der Waals surface area contributed by atoms with E-state index in [4.69, 9.17) is 5.10 Å². The Morgan fingerprint density at radius 3 is 2.49 bits per heavy atom. The number of amides is 1. The molecule has 6 nitrogen and oxygen atoms in total. The van der Waals surface area contributed by atoms with E-state index in [1.807, 2.05) is 17.2 Å². The lowest BCUT2D eigenvalue weighted by molar-refractivity contribution is 0.0391. The molecule has 1 aromatic carbocycles. The van der Waals surface area contributed by atoms with Gasteiger partial charge in [0, 0.05) is 43.5 Å². The van der Waals surface area contributed by atoms with E-state index in [1.54, 1.807) is 17.9 Å². The zero-order chi connectivity index (χ0) is 24.3. The maximum atomic E-state index is 14.0. The van der Waals surface area contributed by atoms with Crippen LogP contribution >= 0.6 is 0 Å². The number of rotatable bonds is 3. The second kappa shape index (κ2) is 8.39. The summed E-state index contributed by atoms with van der Waals surface area (Å²) < 4.78 is 43.2. The molecule has 0 spiro atoms. The highest BCUT2D eigenvalue weighted by Gasteiger charge is 2.43. The Hall–Kier alpha value is -3.36. The van der Waals surface area contributed by atoms with E-state index in [-0.39, 0.29) is 23.6 Å². The van der Waals surface area contributed by atoms with Gasteiger partial charge in [0.25, 0.3) is 5.91 Å². The molecule has 2 aromatic heterocycles. The van der Waals surface area contributed by atoms with Crippen molar-refractivity contribution in [3.63, 3.8) is 0 Å². The number of halogens is 3. The predicted molar refractivity (Wildman–Crippen MR) is 124 cm³/mol. The van der Waals surface area contributed by atoms with E-state index in [0.29, 0.717) is 17.7 Å². The van der Waals surface area contributed by atoms with Crippen LogP contribution in [-0.2, 0) is 13.5 Å². The van der Waals surface area contributed by atoms with Gasteiger partial charge < -0.3 is 9.80 Å². The normalized spacial score (nSPS) is 21.4. The monoisotopic (exact) mass is 481 g/mol. The summed E-state index contributed by atoms with van der Waals surface area (Å²) >= 11 is 0. The molecule has 2 bridgehead atoms. The summed E-state index contributed by atoms with van der Waals surface area (Å²) in [5, 5.41) is 4.70. The van der Waals surface area contributed by atoms with Crippen LogP contribution in [-0.4, -0.2) is 44.7 Å². The van der Waals surface area contributed by atoms with Gasteiger partial charge in [0.05, 0.1) is 34.9 Å².